The molecule has 4 aliphatic heterocycles. The van der Waals surface area contributed by atoms with Crippen molar-refractivity contribution in [3.8, 4) is 0 Å². The zero-order valence-corrected chi connectivity index (χ0v) is 10.1. The van der Waals surface area contributed by atoms with Crippen molar-refractivity contribution in [2.24, 2.45) is 16.6 Å². The van der Waals surface area contributed by atoms with Gasteiger partial charge in [0.2, 0.25) is 0 Å². The first-order chi connectivity index (χ1) is 9.31. The average Bonchev–Trinajstić information content (AvgIpc) is 2.36. The second kappa shape index (κ2) is 3.42. The van der Waals surface area contributed by atoms with Crippen LogP contribution in [0.1, 0.15) is 0 Å². The Morgan fingerprint density at radius 2 is 1.80 bits per heavy atom. The molecule has 0 radical (unpaired) electrons. The van der Waals surface area contributed by atoms with Gasteiger partial charge in [-0.2, -0.15) is 0 Å². The maximum absolute atomic E-state index is 10.4. The predicted octanol–water partition coefficient (Wildman–Crippen LogP) is -4.88. The van der Waals surface area contributed by atoms with Crippen molar-refractivity contribution in [1.29, 1.82) is 0 Å². The van der Waals surface area contributed by atoms with Crippen molar-refractivity contribution in [3.63, 3.8) is 0 Å². The molecular formula is C10H15N3O7. The Morgan fingerprint density at radius 1 is 1.15 bits per heavy atom. The summed E-state index contributed by atoms with van der Waals surface area (Å²) in [6.45, 7) is 0. The number of ether oxygens (including phenoxy) is 2. The van der Waals surface area contributed by atoms with Crippen LogP contribution >= 0.6 is 0 Å². The fourth-order valence-corrected chi connectivity index (χ4v) is 3.92. The smallest absolute Gasteiger partial charge is 0.311 e. The number of nitrogens with two attached hydrogens (primary N) is 1. The lowest BCUT2D eigenvalue weighted by atomic mass is 9.59. The van der Waals surface area contributed by atoms with Crippen LogP contribution < -0.4 is 11.1 Å². The Kier molecular flexibility index (Phi) is 2.17. The molecule has 1 aliphatic carbocycles. The van der Waals surface area contributed by atoms with Gasteiger partial charge in [0.05, 0.1) is 5.92 Å². The first kappa shape index (κ1) is 12.7. The van der Waals surface area contributed by atoms with E-state index in [1.54, 1.807) is 0 Å². The van der Waals surface area contributed by atoms with Crippen LogP contribution in [0.4, 0.5) is 0 Å². The van der Waals surface area contributed by atoms with Crippen molar-refractivity contribution in [1.82, 2.24) is 5.32 Å². The summed E-state index contributed by atoms with van der Waals surface area (Å²) in [6, 6.07) is 0. The van der Waals surface area contributed by atoms with Crippen molar-refractivity contribution in [2.75, 3.05) is 0 Å². The number of aliphatic hydroxyl groups excluding tert-OH is 4. The summed E-state index contributed by atoms with van der Waals surface area (Å²) in [5, 5.41) is 53.7. The zero-order chi connectivity index (χ0) is 14.4. The van der Waals surface area contributed by atoms with E-state index in [4.69, 9.17) is 15.2 Å². The summed E-state index contributed by atoms with van der Waals surface area (Å²) >= 11 is 0. The molecule has 3 saturated heterocycles. The normalized spacial score (nSPS) is 63.6. The maximum Gasteiger partial charge on any atom is 0.311 e. The van der Waals surface area contributed by atoms with Crippen LogP contribution in [0.2, 0.25) is 0 Å². The standard InChI is InChI=1S/C10H15N3O7/c11-8-12-6(16)1-3-2(14)4-5(15)9(1,13-8)7(17)10(18,19-3)20-4/h1-7,14-18H,(H3,11,12,13)/t1?,2?,3?,4?,5?,6?,7-,9?,10?/m0/s1. The van der Waals surface area contributed by atoms with Crippen LogP contribution in [0.5, 0.6) is 0 Å². The Balaban J connectivity index is 1.92. The van der Waals surface area contributed by atoms with E-state index < -0.39 is 54.2 Å². The summed E-state index contributed by atoms with van der Waals surface area (Å²) in [7, 11) is 0. The molecule has 1 spiro atoms. The number of hydrogen-bond donors (Lipinski definition) is 7. The van der Waals surface area contributed by atoms with Crippen molar-refractivity contribution < 1.29 is 35.0 Å². The molecule has 9 atom stereocenters. The van der Waals surface area contributed by atoms with E-state index in [0.717, 1.165) is 0 Å². The van der Waals surface area contributed by atoms with Crippen molar-refractivity contribution >= 4 is 5.96 Å². The molecule has 1 saturated carbocycles. The Morgan fingerprint density at radius 3 is 2.50 bits per heavy atom. The van der Waals surface area contributed by atoms with E-state index in [2.05, 4.69) is 10.3 Å². The van der Waals surface area contributed by atoms with Crippen LogP contribution in [0.15, 0.2) is 4.99 Å². The van der Waals surface area contributed by atoms with Gasteiger partial charge >= 0.3 is 5.97 Å². The first-order valence-electron chi connectivity index (χ1n) is 6.23. The Bertz CT molecular complexity index is 503. The molecule has 20 heavy (non-hydrogen) atoms. The lowest BCUT2D eigenvalue weighted by Crippen LogP contribution is -2.92. The molecular weight excluding hydrogens is 274 g/mol. The minimum atomic E-state index is -2.38. The van der Waals surface area contributed by atoms with Crippen LogP contribution in [-0.2, 0) is 9.47 Å². The molecule has 5 aliphatic rings. The quantitative estimate of drug-likeness (QED) is 0.231. The number of nitrogens with one attached hydrogen (secondary N) is 1. The summed E-state index contributed by atoms with van der Waals surface area (Å²) in [5.41, 5.74) is 3.95. The fourth-order valence-electron chi connectivity index (χ4n) is 3.92. The highest BCUT2D eigenvalue weighted by atomic mass is 16.9. The van der Waals surface area contributed by atoms with E-state index >= 15 is 0 Å². The molecule has 4 fully saturated rings. The van der Waals surface area contributed by atoms with Gasteiger partial charge in [0.1, 0.15) is 30.0 Å². The highest BCUT2D eigenvalue weighted by molar-refractivity contribution is 5.80. The highest BCUT2D eigenvalue weighted by Gasteiger charge is 2.79. The van der Waals surface area contributed by atoms with Crippen molar-refractivity contribution in [2.45, 2.75) is 48.3 Å². The monoisotopic (exact) mass is 289 g/mol. The van der Waals surface area contributed by atoms with Gasteiger partial charge in [-0.05, 0) is 0 Å². The van der Waals surface area contributed by atoms with Gasteiger partial charge in [-0.3, -0.25) is 0 Å². The third kappa shape index (κ3) is 1.13. The number of aliphatic imine (C=N–C) groups is 1. The third-order valence-electron chi connectivity index (χ3n) is 4.72. The SMILES string of the molecule is NC1=NC(O)C2C3OC4(O)OC(C3O)C(O)C2(N1)[C@@H]4O. The first-order valence-corrected chi connectivity index (χ1v) is 6.23. The molecule has 10 heteroatoms. The average molecular weight is 289 g/mol. The summed E-state index contributed by atoms with van der Waals surface area (Å²) < 4.78 is 10.2. The Hall–Kier alpha value is -1.01. The van der Waals surface area contributed by atoms with Crippen LogP contribution in [0, 0.1) is 5.92 Å². The van der Waals surface area contributed by atoms with Crippen LogP contribution in [0.3, 0.4) is 0 Å². The molecule has 0 aromatic heterocycles. The molecule has 8 unspecified atom stereocenters. The molecule has 4 heterocycles. The second-order valence-electron chi connectivity index (χ2n) is 5.65. The molecule has 10 nitrogen and oxygen atoms in total. The van der Waals surface area contributed by atoms with Gasteiger partial charge in [0, 0.05) is 0 Å². The number of aliphatic hydroxyl groups is 5. The summed E-state index contributed by atoms with van der Waals surface area (Å²) in [4.78, 5) is 3.71. The molecule has 5 rings (SSSR count). The van der Waals surface area contributed by atoms with Gasteiger partial charge in [0.15, 0.2) is 18.3 Å². The lowest BCUT2D eigenvalue weighted by molar-refractivity contribution is -0.532. The van der Waals surface area contributed by atoms with Gasteiger partial charge in [-0.15, -0.1) is 0 Å². The van der Waals surface area contributed by atoms with Crippen LogP contribution in [-0.4, -0.2) is 79.8 Å². The maximum atomic E-state index is 10.4. The van der Waals surface area contributed by atoms with Gasteiger partial charge in [-0.25, -0.2) is 4.99 Å². The molecule has 4 bridgehead atoms. The van der Waals surface area contributed by atoms with E-state index in [0.29, 0.717) is 0 Å². The molecule has 8 N–H and O–H groups in total. The predicted molar refractivity (Wildman–Crippen MR) is 59.7 cm³/mol. The van der Waals surface area contributed by atoms with E-state index in [9.17, 15) is 25.5 Å². The fraction of sp³-hybridized carbons (Fsp3) is 0.900. The largest absolute Gasteiger partial charge is 0.388 e. The molecule has 0 aromatic rings. The van der Waals surface area contributed by atoms with Crippen molar-refractivity contribution in [3.05, 3.63) is 0 Å². The van der Waals surface area contributed by atoms with E-state index in [1.807, 2.05) is 0 Å². The third-order valence-corrected chi connectivity index (χ3v) is 4.72. The van der Waals surface area contributed by atoms with Gasteiger partial charge in [-0.1, -0.05) is 0 Å². The molecule has 112 valence electrons. The zero-order valence-electron chi connectivity index (χ0n) is 10.1. The number of hydrogen-bond acceptors (Lipinski definition) is 10. The number of guanidine groups is 1. The minimum Gasteiger partial charge on any atom is -0.388 e. The van der Waals surface area contributed by atoms with E-state index in [-0.39, 0.29) is 5.96 Å². The Labute approximate surface area is 112 Å². The highest BCUT2D eigenvalue weighted by Crippen LogP contribution is 2.55. The summed E-state index contributed by atoms with van der Waals surface area (Å²) in [5.74, 6) is -3.56. The van der Waals surface area contributed by atoms with Gasteiger partial charge < -0.3 is 46.1 Å². The molecule has 0 amide bonds. The second-order valence-corrected chi connectivity index (χ2v) is 5.65. The van der Waals surface area contributed by atoms with Crippen LogP contribution in [0.25, 0.3) is 0 Å². The lowest BCUT2D eigenvalue weighted by Gasteiger charge is -2.68. The van der Waals surface area contributed by atoms with E-state index in [1.165, 1.54) is 0 Å². The topological polar surface area (TPSA) is 170 Å². The minimum absolute atomic E-state index is 0.188. The number of rotatable bonds is 0. The van der Waals surface area contributed by atoms with Gasteiger partial charge in [0.25, 0.3) is 0 Å². The summed E-state index contributed by atoms with van der Waals surface area (Å²) in [6.07, 6.45) is -8.06. The number of nitrogens with zero attached hydrogens (tertiary/aromatic N) is 1. The molecule has 0 aromatic carbocycles.